The second-order valence-electron chi connectivity index (χ2n) is 7.33. The van der Waals surface area contributed by atoms with Crippen LogP contribution in [-0.4, -0.2) is 60.4 Å². The summed E-state index contributed by atoms with van der Waals surface area (Å²) in [4.78, 5) is 6.91. The van der Waals surface area contributed by atoms with E-state index < -0.39 is 0 Å². The summed E-state index contributed by atoms with van der Waals surface area (Å²) in [5, 5.41) is 11.3. The van der Waals surface area contributed by atoms with Crippen molar-refractivity contribution in [3.8, 4) is 0 Å². The van der Waals surface area contributed by atoms with Crippen molar-refractivity contribution < 1.29 is 0 Å². The quantitative estimate of drug-likeness (QED) is 0.449. The van der Waals surface area contributed by atoms with Crippen molar-refractivity contribution in [3.05, 3.63) is 17.0 Å². The molecule has 1 saturated heterocycles. The maximum Gasteiger partial charge on any atom is 0.190 e. The summed E-state index contributed by atoms with van der Waals surface area (Å²) in [7, 11) is 3.84. The van der Waals surface area contributed by atoms with E-state index in [0.29, 0.717) is 0 Å². The molecule has 2 N–H and O–H groups in total. The normalized spacial score (nSPS) is 17.1. The van der Waals surface area contributed by atoms with Gasteiger partial charge in [-0.25, -0.2) is 0 Å². The monoisotopic (exact) mass is 348 g/mol. The Morgan fingerprint density at radius 2 is 1.88 bits per heavy atom. The topological polar surface area (TPSA) is 57.5 Å². The summed E-state index contributed by atoms with van der Waals surface area (Å²) < 4.78 is 1.96. The average molecular weight is 349 g/mol. The molecule has 25 heavy (non-hydrogen) atoms. The third-order valence-electron chi connectivity index (χ3n) is 5.37. The van der Waals surface area contributed by atoms with Gasteiger partial charge >= 0.3 is 0 Å². The Morgan fingerprint density at radius 1 is 1.20 bits per heavy atom. The first-order valence-electron chi connectivity index (χ1n) is 9.67. The molecule has 1 aromatic rings. The van der Waals surface area contributed by atoms with Crippen LogP contribution in [0.25, 0.3) is 0 Å². The molecule has 0 unspecified atom stereocenters. The molecule has 2 rings (SSSR count). The molecule has 1 fully saturated rings. The van der Waals surface area contributed by atoms with Crippen molar-refractivity contribution in [1.29, 1.82) is 0 Å². The van der Waals surface area contributed by atoms with E-state index in [0.717, 1.165) is 43.5 Å². The molecule has 0 aliphatic carbocycles. The Hall–Kier alpha value is -1.56. The lowest BCUT2D eigenvalue weighted by Gasteiger charge is -2.30. The zero-order chi connectivity index (χ0) is 18.2. The highest BCUT2D eigenvalue weighted by atomic mass is 15.3. The second-order valence-corrected chi connectivity index (χ2v) is 7.33. The predicted molar refractivity (Wildman–Crippen MR) is 105 cm³/mol. The van der Waals surface area contributed by atoms with Gasteiger partial charge in [0, 0.05) is 32.9 Å². The molecule has 2 heterocycles. The number of aromatic nitrogens is 2. The van der Waals surface area contributed by atoms with Crippen LogP contribution in [0.4, 0.5) is 0 Å². The minimum absolute atomic E-state index is 0.872. The maximum atomic E-state index is 4.48. The highest BCUT2D eigenvalue weighted by Crippen LogP contribution is 2.15. The van der Waals surface area contributed by atoms with Gasteiger partial charge in [-0.05, 0) is 70.6 Å². The molecule has 142 valence electrons. The van der Waals surface area contributed by atoms with Crippen LogP contribution in [0.1, 0.15) is 43.1 Å². The van der Waals surface area contributed by atoms with Crippen LogP contribution in [-0.2, 0) is 13.5 Å². The van der Waals surface area contributed by atoms with Crippen LogP contribution in [0.5, 0.6) is 0 Å². The SMILES string of the molecule is CN=C(NCCCN1CCC(C)CC1)NCCc1c(C)nn(C)c1C. The molecule has 0 aromatic carbocycles. The van der Waals surface area contributed by atoms with Crippen LogP contribution in [0, 0.1) is 19.8 Å². The number of aliphatic imine (C=N–C) groups is 1. The zero-order valence-electron chi connectivity index (χ0n) is 16.7. The van der Waals surface area contributed by atoms with Gasteiger partial charge in [-0.3, -0.25) is 9.67 Å². The molecular weight excluding hydrogens is 312 g/mol. The molecule has 1 aliphatic rings. The Labute approximate surface area is 153 Å². The molecule has 0 amide bonds. The third kappa shape index (κ3) is 6.03. The van der Waals surface area contributed by atoms with Crippen molar-refractivity contribution in [1.82, 2.24) is 25.3 Å². The largest absolute Gasteiger partial charge is 0.356 e. The van der Waals surface area contributed by atoms with Crippen molar-refractivity contribution in [3.63, 3.8) is 0 Å². The van der Waals surface area contributed by atoms with Crippen molar-refractivity contribution in [2.75, 3.05) is 39.8 Å². The second kappa shape index (κ2) is 9.80. The third-order valence-corrected chi connectivity index (χ3v) is 5.37. The van der Waals surface area contributed by atoms with Gasteiger partial charge in [0.05, 0.1) is 5.69 Å². The first-order valence-corrected chi connectivity index (χ1v) is 9.67. The number of piperidine rings is 1. The summed E-state index contributed by atoms with van der Waals surface area (Å²) in [5.74, 6) is 1.80. The van der Waals surface area contributed by atoms with Gasteiger partial charge in [0.25, 0.3) is 0 Å². The van der Waals surface area contributed by atoms with E-state index in [1.54, 1.807) is 0 Å². The standard InChI is InChI=1S/C19H36N6/c1-15-8-13-25(14-9-15)12-6-10-21-19(20-4)22-11-7-18-16(2)23-24(5)17(18)3/h15H,6-14H2,1-5H3,(H2,20,21,22). The zero-order valence-corrected chi connectivity index (χ0v) is 16.7. The number of hydrogen-bond donors (Lipinski definition) is 2. The van der Waals surface area contributed by atoms with Crippen LogP contribution in [0.15, 0.2) is 4.99 Å². The molecule has 0 bridgehead atoms. The van der Waals surface area contributed by atoms with Gasteiger partial charge in [0.15, 0.2) is 5.96 Å². The van der Waals surface area contributed by atoms with Gasteiger partial charge in [-0.2, -0.15) is 5.10 Å². The van der Waals surface area contributed by atoms with E-state index >= 15 is 0 Å². The first-order chi connectivity index (χ1) is 12.0. The van der Waals surface area contributed by atoms with E-state index in [-0.39, 0.29) is 0 Å². The lowest BCUT2D eigenvalue weighted by Crippen LogP contribution is -2.40. The fraction of sp³-hybridized carbons (Fsp3) is 0.789. The van der Waals surface area contributed by atoms with Crippen molar-refractivity contribution in [2.45, 2.75) is 46.5 Å². The Morgan fingerprint density at radius 3 is 2.48 bits per heavy atom. The fourth-order valence-corrected chi connectivity index (χ4v) is 3.50. The predicted octanol–water partition coefficient (Wildman–Crippen LogP) is 1.87. The fourth-order valence-electron chi connectivity index (χ4n) is 3.50. The first kappa shape index (κ1) is 19.8. The number of nitrogens with zero attached hydrogens (tertiary/aromatic N) is 4. The van der Waals surface area contributed by atoms with E-state index in [1.165, 1.54) is 43.7 Å². The number of aryl methyl sites for hydroxylation is 2. The van der Waals surface area contributed by atoms with Crippen LogP contribution < -0.4 is 10.6 Å². The molecule has 0 saturated carbocycles. The molecule has 0 spiro atoms. The van der Waals surface area contributed by atoms with Crippen LogP contribution in [0.3, 0.4) is 0 Å². The molecule has 0 atom stereocenters. The van der Waals surface area contributed by atoms with E-state index in [1.807, 2.05) is 18.8 Å². The molecule has 1 aromatic heterocycles. The van der Waals surface area contributed by atoms with E-state index in [4.69, 9.17) is 0 Å². The van der Waals surface area contributed by atoms with Crippen molar-refractivity contribution in [2.24, 2.45) is 18.0 Å². The van der Waals surface area contributed by atoms with Crippen molar-refractivity contribution >= 4 is 5.96 Å². The Bertz CT molecular complexity index is 555. The molecule has 1 aliphatic heterocycles. The lowest BCUT2D eigenvalue weighted by atomic mass is 9.99. The Kier molecular flexibility index (Phi) is 7.75. The molecule has 6 nitrogen and oxygen atoms in total. The average Bonchev–Trinajstić information content (AvgIpc) is 2.84. The Balaban J connectivity index is 1.62. The van der Waals surface area contributed by atoms with E-state index in [9.17, 15) is 0 Å². The van der Waals surface area contributed by atoms with Crippen LogP contribution in [0.2, 0.25) is 0 Å². The summed E-state index contributed by atoms with van der Waals surface area (Å²) >= 11 is 0. The lowest BCUT2D eigenvalue weighted by molar-refractivity contribution is 0.191. The highest BCUT2D eigenvalue weighted by molar-refractivity contribution is 5.79. The summed E-state index contributed by atoms with van der Waals surface area (Å²) in [5.41, 5.74) is 3.71. The minimum atomic E-state index is 0.872. The van der Waals surface area contributed by atoms with Gasteiger partial charge in [0.1, 0.15) is 0 Å². The summed E-state index contributed by atoms with van der Waals surface area (Å²) in [6.45, 7) is 12.1. The van der Waals surface area contributed by atoms with Gasteiger partial charge in [-0.1, -0.05) is 6.92 Å². The van der Waals surface area contributed by atoms with Gasteiger partial charge < -0.3 is 15.5 Å². The number of hydrogen-bond acceptors (Lipinski definition) is 3. The number of rotatable bonds is 7. The minimum Gasteiger partial charge on any atom is -0.356 e. The molecule has 0 radical (unpaired) electrons. The smallest absolute Gasteiger partial charge is 0.190 e. The van der Waals surface area contributed by atoms with Gasteiger partial charge in [-0.15, -0.1) is 0 Å². The van der Waals surface area contributed by atoms with Gasteiger partial charge in [0.2, 0.25) is 0 Å². The number of guanidine groups is 1. The molecular formula is C19H36N6. The number of likely N-dealkylation sites (tertiary alicyclic amines) is 1. The highest BCUT2D eigenvalue weighted by Gasteiger charge is 2.14. The number of nitrogens with one attached hydrogen (secondary N) is 2. The van der Waals surface area contributed by atoms with Crippen LogP contribution >= 0.6 is 0 Å². The maximum absolute atomic E-state index is 4.48. The summed E-state index contributed by atoms with van der Waals surface area (Å²) in [6.07, 6.45) is 4.84. The van der Waals surface area contributed by atoms with E-state index in [2.05, 4.69) is 46.4 Å². The summed E-state index contributed by atoms with van der Waals surface area (Å²) in [6, 6.07) is 0. The molecule has 6 heteroatoms.